The molecule has 0 spiro atoms. The molecular weight excluding hydrogens is 320 g/mol. The molecule has 0 saturated carbocycles. The number of carboxylic acids is 1. The molecule has 0 aromatic heterocycles. The van der Waals surface area contributed by atoms with Gasteiger partial charge in [0, 0.05) is 12.8 Å². The molecular formula is C15H29NNa2O5. The molecule has 0 bridgehead atoms. The Hall–Kier alpha value is 0.570. The van der Waals surface area contributed by atoms with Gasteiger partial charge in [0.25, 0.3) is 0 Å². The van der Waals surface area contributed by atoms with Crippen LogP contribution in [0.1, 0.15) is 74.0 Å². The van der Waals surface area contributed by atoms with E-state index in [4.69, 9.17) is 10.8 Å². The molecule has 126 valence electrons. The molecule has 0 saturated heterocycles. The normalized spacial score (nSPS) is 10.9. The van der Waals surface area contributed by atoms with Crippen LogP contribution in [0.3, 0.4) is 0 Å². The van der Waals surface area contributed by atoms with E-state index in [2.05, 4.69) is 11.7 Å². The van der Waals surface area contributed by atoms with Crippen LogP contribution in [0, 0.1) is 0 Å². The molecule has 0 aromatic carbocycles. The minimum absolute atomic E-state index is 0. The van der Waals surface area contributed by atoms with E-state index in [-0.39, 0.29) is 81.2 Å². The molecule has 0 aliphatic heterocycles. The Morgan fingerprint density at radius 1 is 0.957 bits per heavy atom. The van der Waals surface area contributed by atoms with E-state index >= 15 is 0 Å². The fraction of sp³-hybridized carbons (Fsp3) is 0.800. The van der Waals surface area contributed by atoms with Crippen molar-refractivity contribution >= 4 is 17.9 Å². The number of ether oxygens (including phenoxy) is 1. The van der Waals surface area contributed by atoms with Gasteiger partial charge in [-0.1, -0.05) is 45.4 Å². The first kappa shape index (κ1) is 28.4. The Morgan fingerprint density at radius 2 is 1.43 bits per heavy atom. The van der Waals surface area contributed by atoms with Gasteiger partial charge in [-0.3, -0.25) is 14.4 Å². The van der Waals surface area contributed by atoms with E-state index in [0.29, 0.717) is 6.42 Å². The predicted molar refractivity (Wildman–Crippen MR) is 80.8 cm³/mol. The van der Waals surface area contributed by atoms with Gasteiger partial charge in [-0.05, 0) is 12.8 Å². The van der Waals surface area contributed by atoms with Crippen molar-refractivity contribution in [3.8, 4) is 0 Å². The quantitative estimate of drug-likeness (QED) is 0.165. The topological polar surface area (TPSA) is 107 Å². The third-order valence-corrected chi connectivity index (χ3v) is 3.19. The number of carbonyl (C=O) groups is 3. The van der Waals surface area contributed by atoms with Crippen molar-refractivity contribution in [1.29, 1.82) is 0 Å². The summed E-state index contributed by atoms with van der Waals surface area (Å²) >= 11 is 0. The number of carbonyl (C=O) groups excluding carboxylic acids is 2. The Kier molecular flexibility index (Phi) is 23.3. The summed E-state index contributed by atoms with van der Waals surface area (Å²) in [6.07, 6.45) is 7.66. The number of nitrogens with two attached hydrogens (primary N) is 1. The molecule has 0 heterocycles. The number of carboxylic acid groups (broad SMARTS) is 1. The molecule has 0 unspecified atom stereocenters. The molecule has 8 heteroatoms. The van der Waals surface area contributed by atoms with Crippen LogP contribution in [0.2, 0.25) is 0 Å². The average molecular weight is 349 g/mol. The molecule has 0 radical (unpaired) electrons. The maximum atomic E-state index is 11.4. The smallest absolute Gasteiger partial charge is 1.00 e. The van der Waals surface area contributed by atoms with Crippen LogP contribution in [0.5, 0.6) is 0 Å². The van der Waals surface area contributed by atoms with Crippen LogP contribution in [0.15, 0.2) is 0 Å². The fourth-order valence-corrected chi connectivity index (χ4v) is 1.85. The van der Waals surface area contributed by atoms with Crippen LogP contribution >= 0.6 is 0 Å². The number of rotatable bonds is 12. The molecule has 0 rings (SSSR count). The van der Waals surface area contributed by atoms with Gasteiger partial charge in [-0.15, -0.1) is 0 Å². The third-order valence-electron chi connectivity index (χ3n) is 3.19. The minimum atomic E-state index is -1.17. The van der Waals surface area contributed by atoms with Gasteiger partial charge in [0.05, 0.1) is 0 Å². The molecule has 0 aliphatic carbocycles. The van der Waals surface area contributed by atoms with E-state index in [1.165, 1.54) is 25.7 Å². The van der Waals surface area contributed by atoms with Gasteiger partial charge in [0.15, 0.2) is 0 Å². The van der Waals surface area contributed by atoms with Crippen molar-refractivity contribution < 1.29 is 86.2 Å². The minimum Gasteiger partial charge on any atom is -1.00 e. The molecule has 0 fully saturated rings. The molecule has 1 atom stereocenters. The SMILES string of the molecule is CCCCCCCCCC(=O)OC(=O)CC[C@H](N)C(=O)O.[H-].[H-].[Na+].[Na+]. The van der Waals surface area contributed by atoms with Crippen molar-refractivity contribution in [2.45, 2.75) is 77.2 Å². The maximum Gasteiger partial charge on any atom is 1.00 e. The first-order valence-electron chi connectivity index (χ1n) is 7.69. The number of unbranched alkanes of at least 4 members (excludes halogenated alkanes) is 6. The summed E-state index contributed by atoms with van der Waals surface area (Å²) in [6.45, 7) is 2.16. The Bertz CT molecular complexity index is 350. The van der Waals surface area contributed by atoms with Gasteiger partial charge in [-0.25, -0.2) is 0 Å². The molecule has 6 nitrogen and oxygen atoms in total. The molecule has 0 amide bonds. The van der Waals surface area contributed by atoms with Crippen molar-refractivity contribution in [2.24, 2.45) is 5.73 Å². The first-order chi connectivity index (χ1) is 9.97. The summed E-state index contributed by atoms with van der Waals surface area (Å²) in [5.74, 6) is -2.42. The second kappa shape index (κ2) is 18.9. The van der Waals surface area contributed by atoms with Gasteiger partial charge in [0.2, 0.25) is 0 Å². The second-order valence-corrected chi connectivity index (χ2v) is 5.20. The van der Waals surface area contributed by atoms with Gasteiger partial charge < -0.3 is 18.4 Å². The summed E-state index contributed by atoms with van der Waals surface area (Å²) in [7, 11) is 0. The van der Waals surface area contributed by atoms with E-state index < -0.39 is 23.9 Å². The predicted octanol–water partition coefficient (Wildman–Crippen LogP) is -3.38. The van der Waals surface area contributed by atoms with Crippen LogP contribution in [0.25, 0.3) is 0 Å². The average Bonchev–Trinajstić information content (AvgIpc) is 2.43. The Balaban J connectivity index is -0.000000333. The van der Waals surface area contributed by atoms with Gasteiger partial charge in [-0.2, -0.15) is 0 Å². The molecule has 0 aliphatic rings. The van der Waals surface area contributed by atoms with Crippen LogP contribution in [0.4, 0.5) is 0 Å². The molecule has 23 heavy (non-hydrogen) atoms. The van der Waals surface area contributed by atoms with E-state index in [0.717, 1.165) is 12.8 Å². The third kappa shape index (κ3) is 18.7. The Labute approximate surface area is 185 Å². The van der Waals surface area contributed by atoms with E-state index in [1.807, 2.05) is 0 Å². The largest absolute Gasteiger partial charge is 1.00 e. The summed E-state index contributed by atoms with van der Waals surface area (Å²) in [4.78, 5) is 33.1. The monoisotopic (exact) mass is 349 g/mol. The zero-order valence-corrected chi connectivity index (χ0v) is 18.8. The van der Waals surface area contributed by atoms with Crippen LogP contribution in [-0.2, 0) is 19.1 Å². The zero-order chi connectivity index (χ0) is 16.1. The summed E-state index contributed by atoms with van der Waals surface area (Å²) in [5, 5.41) is 8.55. The van der Waals surface area contributed by atoms with Gasteiger partial charge in [0.1, 0.15) is 6.04 Å². The zero-order valence-electron chi connectivity index (χ0n) is 16.8. The summed E-state index contributed by atoms with van der Waals surface area (Å²) in [6, 6.07) is -1.10. The first-order valence-corrected chi connectivity index (χ1v) is 7.69. The van der Waals surface area contributed by atoms with Gasteiger partial charge >= 0.3 is 77.0 Å². The number of esters is 2. The number of aliphatic carboxylic acids is 1. The standard InChI is InChI=1S/C15H27NO5.2Na.2H/c1-2-3-4-5-6-7-8-9-13(17)21-14(18)11-10-12(16)15(19)20;;;;/h12H,2-11,16H2,1H3,(H,19,20);;;;/q;2*+1;2*-1/t12-;;;;/m0..../s1. The van der Waals surface area contributed by atoms with Crippen LogP contribution in [-0.4, -0.2) is 29.1 Å². The second-order valence-electron chi connectivity index (χ2n) is 5.20. The fourth-order valence-electron chi connectivity index (χ4n) is 1.85. The molecule has 3 N–H and O–H groups in total. The van der Waals surface area contributed by atoms with Crippen molar-refractivity contribution in [3.05, 3.63) is 0 Å². The van der Waals surface area contributed by atoms with Crippen molar-refractivity contribution in [3.63, 3.8) is 0 Å². The summed E-state index contributed by atoms with van der Waals surface area (Å²) in [5.41, 5.74) is 5.25. The van der Waals surface area contributed by atoms with Crippen molar-refractivity contribution in [1.82, 2.24) is 0 Å². The maximum absolute atomic E-state index is 11.4. The van der Waals surface area contributed by atoms with Crippen molar-refractivity contribution in [2.75, 3.05) is 0 Å². The van der Waals surface area contributed by atoms with E-state index in [1.54, 1.807) is 0 Å². The number of hydrogen-bond acceptors (Lipinski definition) is 5. The van der Waals surface area contributed by atoms with E-state index in [9.17, 15) is 14.4 Å². The Morgan fingerprint density at radius 3 is 1.96 bits per heavy atom. The van der Waals surface area contributed by atoms with Crippen LogP contribution < -0.4 is 64.8 Å². The molecule has 0 aromatic rings. The number of hydrogen-bond donors (Lipinski definition) is 2. The summed E-state index contributed by atoms with van der Waals surface area (Å²) < 4.78 is 4.60.